The van der Waals surface area contributed by atoms with Crippen molar-refractivity contribution < 1.29 is 4.39 Å². The third-order valence-electron chi connectivity index (χ3n) is 5.74. The third-order valence-corrected chi connectivity index (χ3v) is 5.74. The Morgan fingerprint density at radius 3 is 2.50 bits per heavy atom. The van der Waals surface area contributed by atoms with Gasteiger partial charge in [-0.3, -0.25) is 9.88 Å². The first-order valence-corrected chi connectivity index (χ1v) is 9.76. The Morgan fingerprint density at radius 1 is 0.929 bits per heavy atom. The number of benzene rings is 2. The maximum Gasteiger partial charge on any atom is 0.123 e. The number of nitrogens with zero attached hydrogens (tertiary/aromatic N) is 4. The number of halogens is 1. The maximum absolute atomic E-state index is 13.1. The lowest BCUT2D eigenvalue weighted by atomic mass is 10.1. The van der Waals surface area contributed by atoms with E-state index in [2.05, 4.69) is 51.6 Å². The Hall–Kier alpha value is -2.92. The highest BCUT2D eigenvalue weighted by molar-refractivity contribution is 5.90. The van der Waals surface area contributed by atoms with Gasteiger partial charge in [0.05, 0.1) is 22.9 Å². The second kappa shape index (κ2) is 6.91. The zero-order valence-corrected chi connectivity index (χ0v) is 16.0. The lowest BCUT2D eigenvalue weighted by Crippen LogP contribution is -2.46. The summed E-state index contributed by atoms with van der Waals surface area (Å²) in [6.45, 7) is 6.88. The van der Waals surface area contributed by atoms with Gasteiger partial charge < -0.3 is 9.30 Å². The first-order valence-electron chi connectivity index (χ1n) is 9.76. The van der Waals surface area contributed by atoms with E-state index in [9.17, 15) is 4.39 Å². The monoisotopic (exact) mass is 374 g/mol. The molecule has 5 heteroatoms. The van der Waals surface area contributed by atoms with E-state index in [0.29, 0.717) is 0 Å². The summed E-state index contributed by atoms with van der Waals surface area (Å²) in [5.74, 6) is -0.177. The molecule has 0 atom stereocenters. The topological polar surface area (TPSA) is 23.8 Å². The van der Waals surface area contributed by atoms with Crippen LogP contribution in [0.2, 0.25) is 0 Å². The van der Waals surface area contributed by atoms with Crippen molar-refractivity contribution in [2.75, 3.05) is 31.1 Å². The molecule has 1 fully saturated rings. The van der Waals surface area contributed by atoms with Crippen molar-refractivity contribution in [2.45, 2.75) is 13.5 Å². The molecular weight excluding hydrogens is 351 g/mol. The van der Waals surface area contributed by atoms with Crippen molar-refractivity contribution in [3.63, 3.8) is 0 Å². The zero-order valence-electron chi connectivity index (χ0n) is 16.0. The van der Waals surface area contributed by atoms with Crippen molar-refractivity contribution in [3.05, 3.63) is 77.9 Å². The van der Waals surface area contributed by atoms with Crippen molar-refractivity contribution in [3.8, 4) is 0 Å². The van der Waals surface area contributed by atoms with Crippen LogP contribution >= 0.6 is 0 Å². The number of fused-ring (bicyclic) bond motifs is 3. The Kier molecular flexibility index (Phi) is 4.24. The van der Waals surface area contributed by atoms with Crippen molar-refractivity contribution in [1.29, 1.82) is 0 Å². The molecule has 1 aliphatic rings. The molecular formula is C23H23FN4. The lowest BCUT2D eigenvalue weighted by Gasteiger charge is -2.36. The van der Waals surface area contributed by atoms with Crippen LogP contribution in [-0.4, -0.2) is 40.5 Å². The molecule has 3 heterocycles. The molecule has 0 bridgehead atoms. The fourth-order valence-corrected chi connectivity index (χ4v) is 4.14. The molecule has 28 heavy (non-hydrogen) atoms. The fraction of sp³-hybridized carbons (Fsp3) is 0.261. The number of para-hydroxylation sites is 1. The summed E-state index contributed by atoms with van der Waals surface area (Å²) in [5, 5.41) is 0. The molecule has 4 nitrogen and oxygen atoms in total. The largest absolute Gasteiger partial charge is 0.367 e. The van der Waals surface area contributed by atoms with Crippen LogP contribution < -0.4 is 4.90 Å². The Bertz CT molecular complexity index is 1120. The summed E-state index contributed by atoms with van der Waals surface area (Å²) in [4.78, 5) is 9.66. The molecule has 0 spiro atoms. The Balaban J connectivity index is 1.37. The normalized spacial score (nSPS) is 15.6. The van der Waals surface area contributed by atoms with Gasteiger partial charge in [-0.15, -0.1) is 0 Å². The molecule has 4 aromatic rings. The molecule has 2 aromatic heterocycles. The molecule has 1 saturated heterocycles. The quantitative estimate of drug-likeness (QED) is 0.535. The van der Waals surface area contributed by atoms with E-state index < -0.39 is 0 Å². The second-order valence-corrected chi connectivity index (χ2v) is 7.55. The summed E-state index contributed by atoms with van der Waals surface area (Å²) < 4.78 is 15.3. The number of piperazine rings is 1. The van der Waals surface area contributed by atoms with Crippen LogP contribution in [0.1, 0.15) is 11.1 Å². The molecule has 0 amide bonds. The van der Waals surface area contributed by atoms with E-state index in [0.717, 1.165) is 54.8 Å². The van der Waals surface area contributed by atoms with E-state index in [1.54, 1.807) is 0 Å². The summed E-state index contributed by atoms with van der Waals surface area (Å²) >= 11 is 0. The number of hydrogen-bond donors (Lipinski definition) is 0. The highest BCUT2D eigenvalue weighted by atomic mass is 19.1. The predicted octanol–water partition coefficient (Wildman–Crippen LogP) is 4.26. The lowest BCUT2D eigenvalue weighted by molar-refractivity contribution is 0.250. The van der Waals surface area contributed by atoms with Crippen molar-refractivity contribution >= 4 is 22.2 Å². The van der Waals surface area contributed by atoms with Gasteiger partial charge in [0, 0.05) is 38.9 Å². The fourth-order valence-electron chi connectivity index (χ4n) is 4.14. The van der Waals surface area contributed by atoms with Gasteiger partial charge in [-0.25, -0.2) is 4.39 Å². The number of hydrogen-bond acceptors (Lipinski definition) is 3. The van der Waals surface area contributed by atoms with Gasteiger partial charge in [-0.05, 0) is 48.4 Å². The molecule has 5 rings (SSSR count). The summed E-state index contributed by atoms with van der Waals surface area (Å²) in [6, 6.07) is 15.4. The minimum Gasteiger partial charge on any atom is -0.367 e. The molecule has 1 aliphatic heterocycles. The molecule has 0 unspecified atom stereocenters. The number of aromatic nitrogens is 2. The van der Waals surface area contributed by atoms with Crippen molar-refractivity contribution in [2.24, 2.45) is 0 Å². The Morgan fingerprint density at radius 2 is 1.71 bits per heavy atom. The van der Waals surface area contributed by atoms with Gasteiger partial charge in [0.15, 0.2) is 0 Å². The molecule has 2 aromatic carbocycles. The van der Waals surface area contributed by atoms with Crippen LogP contribution in [0.15, 0.2) is 60.9 Å². The van der Waals surface area contributed by atoms with Crippen LogP contribution in [-0.2, 0) is 6.54 Å². The van der Waals surface area contributed by atoms with Crippen molar-refractivity contribution in [1.82, 2.24) is 14.3 Å². The van der Waals surface area contributed by atoms with Gasteiger partial charge in [-0.2, -0.15) is 0 Å². The SMILES string of the molecule is Cc1ccn2c1cnc1c(N3CCN(Cc4ccc(F)cc4)CC3)cccc12. The highest BCUT2D eigenvalue weighted by Crippen LogP contribution is 2.28. The molecule has 0 aliphatic carbocycles. The van der Waals surface area contributed by atoms with Crippen LogP contribution in [0, 0.1) is 12.7 Å². The predicted molar refractivity (Wildman–Crippen MR) is 111 cm³/mol. The number of anilines is 1. The highest BCUT2D eigenvalue weighted by Gasteiger charge is 2.20. The van der Waals surface area contributed by atoms with Crippen LogP contribution in [0.3, 0.4) is 0 Å². The van der Waals surface area contributed by atoms with Crippen LogP contribution in [0.4, 0.5) is 10.1 Å². The average molecular weight is 374 g/mol. The van der Waals surface area contributed by atoms with E-state index in [4.69, 9.17) is 4.98 Å². The summed E-state index contributed by atoms with van der Waals surface area (Å²) in [7, 11) is 0. The van der Waals surface area contributed by atoms with E-state index in [1.807, 2.05) is 18.3 Å². The smallest absolute Gasteiger partial charge is 0.123 e. The van der Waals surface area contributed by atoms with Gasteiger partial charge in [0.25, 0.3) is 0 Å². The van der Waals surface area contributed by atoms with E-state index in [1.165, 1.54) is 23.4 Å². The van der Waals surface area contributed by atoms with Gasteiger partial charge in [0.2, 0.25) is 0 Å². The summed E-state index contributed by atoms with van der Waals surface area (Å²) in [6.07, 6.45) is 4.10. The minimum atomic E-state index is -0.177. The second-order valence-electron chi connectivity index (χ2n) is 7.55. The van der Waals surface area contributed by atoms with Gasteiger partial charge >= 0.3 is 0 Å². The first-order chi connectivity index (χ1) is 13.7. The van der Waals surface area contributed by atoms with E-state index in [-0.39, 0.29) is 5.82 Å². The van der Waals surface area contributed by atoms with Gasteiger partial charge in [-0.1, -0.05) is 18.2 Å². The maximum atomic E-state index is 13.1. The molecule has 0 N–H and O–H groups in total. The summed E-state index contributed by atoms with van der Waals surface area (Å²) in [5.41, 5.74) is 6.97. The molecule has 0 saturated carbocycles. The molecule has 142 valence electrons. The number of aryl methyl sites for hydroxylation is 1. The number of rotatable bonds is 3. The van der Waals surface area contributed by atoms with E-state index >= 15 is 0 Å². The van der Waals surface area contributed by atoms with Crippen LogP contribution in [0.25, 0.3) is 16.6 Å². The standard InChI is InChI=1S/C23H23FN4/c1-17-9-10-28-21-4-2-3-20(23(21)25-15-22(17)28)27-13-11-26(12-14-27)16-18-5-7-19(24)8-6-18/h2-10,15H,11-14,16H2,1H3. The first kappa shape index (κ1) is 17.2. The molecule has 0 radical (unpaired) electrons. The Labute approximate surface area is 163 Å². The third kappa shape index (κ3) is 3.02. The average Bonchev–Trinajstić information content (AvgIpc) is 3.11. The zero-order chi connectivity index (χ0) is 19.1. The van der Waals surface area contributed by atoms with Crippen LogP contribution in [0.5, 0.6) is 0 Å². The minimum absolute atomic E-state index is 0.177. The van der Waals surface area contributed by atoms with Gasteiger partial charge in [0.1, 0.15) is 11.3 Å².